The van der Waals surface area contributed by atoms with Gasteiger partial charge in [-0.05, 0) is 26.8 Å². The number of rotatable bonds is 0. The first-order valence-corrected chi connectivity index (χ1v) is 9.63. The van der Waals surface area contributed by atoms with Gasteiger partial charge < -0.3 is 14.2 Å². The number of fused-ring (bicyclic) bond motifs is 5. The predicted molar refractivity (Wildman–Crippen MR) is 108 cm³/mol. The van der Waals surface area contributed by atoms with E-state index >= 15 is 0 Å². The van der Waals surface area contributed by atoms with Crippen LogP contribution in [-0.2, 0) is 17.7 Å². The van der Waals surface area contributed by atoms with Gasteiger partial charge in [0.25, 0.3) is 0 Å². The van der Waals surface area contributed by atoms with E-state index in [0.29, 0.717) is 26.1 Å². The molecule has 4 rings (SSSR count). The Morgan fingerprint density at radius 1 is 1.07 bits per heavy atom. The molecule has 1 aromatic carbocycles. The van der Waals surface area contributed by atoms with Crippen LogP contribution in [0.4, 0.5) is 4.79 Å². The van der Waals surface area contributed by atoms with Crippen molar-refractivity contribution in [2.45, 2.75) is 53.2 Å². The Balaban J connectivity index is 0.00000102. The maximum absolute atomic E-state index is 12.4. The molecular weight excluding hydrogens is 340 g/mol. The van der Waals surface area contributed by atoms with Crippen LogP contribution in [0.25, 0.3) is 21.9 Å². The van der Waals surface area contributed by atoms with E-state index in [1.165, 1.54) is 0 Å². The second-order valence-electron chi connectivity index (χ2n) is 7.41. The Labute approximate surface area is 160 Å². The second kappa shape index (κ2) is 7.55. The maximum atomic E-state index is 12.4. The monoisotopic (exact) mass is 368 g/mol. The van der Waals surface area contributed by atoms with Crippen LogP contribution < -0.4 is 0 Å². The maximum Gasteiger partial charge on any atom is 0.410 e. The molecule has 3 aromatic rings. The summed E-state index contributed by atoms with van der Waals surface area (Å²) in [6.45, 7) is 11.6. The van der Waals surface area contributed by atoms with Crippen molar-refractivity contribution < 1.29 is 9.53 Å². The number of hydrogen-bond donors (Lipinski definition) is 0. The summed E-state index contributed by atoms with van der Waals surface area (Å²) in [4.78, 5) is 23.4. The number of para-hydroxylation sites is 1. The summed E-state index contributed by atoms with van der Waals surface area (Å²) in [5.74, 6) is 0.999. The molecule has 6 heteroatoms. The fraction of sp³-hybridized carbons (Fsp3) is 0.476. The highest BCUT2D eigenvalue weighted by atomic mass is 16.6. The molecule has 0 unspecified atom stereocenters. The SMILES string of the molecule is CC.CC(C)(C)OC(=O)N1CCc2nc3cnc4ccccc4c3n2CC1. The van der Waals surface area contributed by atoms with Gasteiger partial charge in [-0.2, -0.15) is 0 Å². The van der Waals surface area contributed by atoms with Crippen LogP contribution in [-0.4, -0.2) is 44.2 Å². The molecule has 0 atom stereocenters. The van der Waals surface area contributed by atoms with Gasteiger partial charge in [0.15, 0.2) is 0 Å². The van der Waals surface area contributed by atoms with Crippen molar-refractivity contribution in [3.05, 3.63) is 36.3 Å². The number of aromatic nitrogens is 3. The molecule has 0 bridgehead atoms. The number of benzene rings is 1. The zero-order chi connectivity index (χ0) is 19.6. The summed E-state index contributed by atoms with van der Waals surface area (Å²) < 4.78 is 7.74. The zero-order valence-corrected chi connectivity index (χ0v) is 16.8. The molecule has 1 amide bonds. The molecule has 6 nitrogen and oxygen atoms in total. The Morgan fingerprint density at radius 2 is 1.81 bits per heavy atom. The molecule has 0 saturated heterocycles. The van der Waals surface area contributed by atoms with Crippen molar-refractivity contribution in [3.63, 3.8) is 0 Å². The molecule has 0 N–H and O–H groups in total. The number of ether oxygens (including phenoxy) is 1. The minimum atomic E-state index is -0.481. The van der Waals surface area contributed by atoms with Crippen molar-refractivity contribution in [2.24, 2.45) is 0 Å². The number of carbonyl (C=O) groups excluding carboxylic acids is 1. The highest BCUT2D eigenvalue weighted by Crippen LogP contribution is 2.26. The Kier molecular flexibility index (Phi) is 5.35. The highest BCUT2D eigenvalue weighted by Gasteiger charge is 2.25. The Hall–Kier alpha value is -2.63. The molecule has 2 aromatic heterocycles. The van der Waals surface area contributed by atoms with E-state index in [4.69, 9.17) is 9.72 Å². The van der Waals surface area contributed by atoms with Crippen LogP contribution in [0.15, 0.2) is 30.5 Å². The molecule has 1 aliphatic rings. The lowest BCUT2D eigenvalue weighted by atomic mass is 10.2. The van der Waals surface area contributed by atoms with Crippen molar-refractivity contribution >= 4 is 28.0 Å². The topological polar surface area (TPSA) is 60.2 Å². The Morgan fingerprint density at radius 3 is 2.56 bits per heavy atom. The number of imidazole rings is 1. The fourth-order valence-electron chi connectivity index (χ4n) is 3.32. The van der Waals surface area contributed by atoms with Gasteiger partial charge in [0.2, 0.25) is 0 Å². The minimum Gasteiger partial charge on any atom is -0.444 e. The first kappa shape index (κ1) is 19.1. The molecule has 144 valence electrons. The van der Waals surface area contributed by atoms with Crippen molar-refractivity contribution in [1.82, 2.24) is 19.4 Å². The average molecular weight is 368 g/mol. The predicted octanol–water partition coefficient (Wildman–Crippen LogP) is 4.40. The Bertz CT molecular complexity index is 956. The lowest BCUT2D eigenvalue weighted by molar-refractivity contribution is 0.0254. The van der Waals surface area contributed by atoms with Crippen LogP contribution in [0.2, 0.25) is 0 Å². The molecule has 0 radical (unpaired) electrons. The molecule has 27 heavy (non-hydrogen) atoms. The number of nitrogens with zero attached hydrogens (tertiary/aromatic N) is 4. The van der Waals surface area contributed by atoms with Crippen LogP contribution >= 0.6 is 0 Å². The number of pyridine rings is 1. The third-order valence-electron chi connectivity index (χ3n) is 4.41. The lowest BCUT2D eigenvalue weighted by Gasteiger charge is -2.26. The molecule has 0 fully saturated rings. The van der Waals surface area contributed by atoms with Crippen LogP contribution in [0.3, 0.4) is 0 Å². The summed E-state index contributed by atoms with van der Waals surface area (Å²) >= 11 is 0. The quantitative estimate of drug-likeness (QED) is 0.590. The number of carbonyl (C=O) groups is 1. The minimum absolute atomic E-state index is 0.255. The van der Waals surface area contributed by atoms with Crippen molar-refractivity contribution in [2.75, 3.05) is 13.1 Å². The third kappa shape index (κ3) is 3.89. The van der Waals surface area contributed by atoms with Gasteiger partial charge >= 0.3 is 6.09 Å². The molecule has 0 aliphatic carbocycles. The van der Waals surface area contributed by atoms with Crippen LogP contribution in [0, 0.1) is 0 Å². The van der Waals surface area contributed by atoms with Gasteiger partial charge in [-0.25, -0.2) is 9.78 Å². The summed E-state index contributed by atoms with van der Waals surface area (Å²) in [6, 6.07) is 8.10. The highest BCUT2D eigenvalue weighted by molar-refractivity contribution is 6.02. The first-order valence-electron chi connectivity index (χ1n) is 9.63. The van der Waals surface area contributed by atoms with E-state index in [-0.39, 0.29) is 6.09 Å². The average Bonchev–Trinajstić information content (AvgIpc) is 2.87. The largest absolute Gasteiger partial charge is 0.444 e. The molecule has 1 aliphatic heterocycles. The fourth-order valence-corrected chi connectivity index (χ4v) is 3.32. The number of hydrogen-bond acceptors (Lipinski definition) is 4. The van der Waals surface area contributed by atoms with E-state index in [1.54, 1.807) is 4.90 Å². The van der Waals surface area contributed by atoms with E-state index < -0.39 is 5.60 Å². The standard InChI is InChI=1S/C19H22N4O2.C2H6/c1-19(2,3)25-18(24)22-9-8-16-21-15-12-20-14-7-5-4-6-13(14)17(15)23(16)11-10-22;1-2/h4-7,12H,8-11H2,1-3H3;1-2H3. The van der Waals surface area contributed by atoms with E-state index in [2.05, 4.69) is 15.6 Å². The van der Waals surface area contributed by atoms with Gasteiger partial charge in [-0.3, -0.25) is 4.98 Å². The van der Waals surface area contributed by atoms with Gasteiger partial charge in [-0.1, -0.05) is 32.0 Å². The van der Waals surface area contributed by atoms with Crippen LogP contribution in [0.5, 0.6) is 0 Å². The van der Waals surface area contributed by atoms with E-state index in [1.807, 2.05) is 59.0 Å². The van der Waals surface area contributed by atoms with Crippen molar-refractivity contribution in [3.8, 4) is 0 Å². The van der Waals surface area contributed by atoms with E-state index in [0.717, 1.165) is 27.8 Å². The van der Waals surface area contributed by atoms with Gasteiger partial charge in [0.05, 0.1) is 17.2 Å². The summed E-state index contributed by atoms with van der Waals surface area (Å²) in [5, 5.41) is 1.10. The zero-order valence-electron chi connectivity index (χ0n) is 16.8. The lowest BCUT2D eigenvalue weighted by Crippen LogP contribution is -2.38. The third-order valence-corrected chi connectivity index (χ3v) is 4.41. The first-order chi connectivity index (χ1) is 12.9. The molecule has 0 saturated carbocycles. The molecule has 0 spiro atoms. The normalized spacial score (nSPS) is 14.3. The summed E-state index contributed by atoms with van der Waals surface area (Å²) in [5.41, 5.74) is 2.50. The van der Waals surface area contributed by atoms with Crippen LogP contribution in [0.1, 0.15) is 40.4 Å². The van der Waals surface area contributed by atoms with Gasteiger partial charge in [0.1, 0.15) is 16.9 Å². The van der Waals surface area contributed by atoms with E-state index in [9.17, 15) is 4.79 Å². The van der Waals surface area contributed by atoms with Gasteiger partial charge in [-0.15, -0.1) is 0 Å². The molecular formula is C21H28N4O2. The smallest absolute Gasteiger partial charge is 0.410 e. The van der Waals surface area contributed by atoms with Crippen molar-refractivity contribution in [1.29, 1.82) is 0 Å². The van der Waals surface area contributed by atoms with Gasteiger partial charge in [0, 0.05) is 31.4 Å². The number of amides is 1. The summed E-state index contributed by atoms with van der Waals surface area (Å²) in [7, 11) is 0. The molecule has 3 heterocycles. The summed E-state index contributed by atoms with van der Waals surface area (Å²) in [6.07, 6.45) is 2.29. The second-order valence-corrected chi connectivity index (χ2v) is 7.41.